The number of aryl methyl sites for hydroxylation is 1. The topological polar surface area (TPSA) is 60.1 Å². The molecule has 1 unspecified atom stereocenters. The highest BCUT2D eigenvalue weighted by atomic mass is 16.1. The Morgan fingerprint density at radius 3 is 2.59 bits per heavy atom. The zero-order valence-electron chi connectivity index (χ0n) is 19.1. The van der Waals surface area contributed by atoms with E-state index in [1.54, 1.807) is 0 Å². The Labute approximate surface area is 191 Å². The lowest BCUT2D eigenvalue weighted by atomic mass is 9.86. The SMILES string of the molecule is Cc1cccc(C(CC(=O)N[C@H]2CC[C@H](N)CC2)c2cn(CC3CC3)c3ccccc23)c1. The number of para-hydroxylation sites is 1. The predicted octanol–water partition coefficient (Wildman–Crippen LogP) is 5.27. The second-order valence-electron chi connectivity index (χ2n) is 10.0. The van der Waals surface area contributed by atoms with Gasteiger partial charge in [-0.05, 0) is 68.6 Å². The zero-order chi connectivity index (χ0) is 22.1. The van der Waals surface area contributed by atoms with Crippen molar-refractivity contribution >= 4 is 16.8 Å². The molecule has 2 saturated carbocycles. The van der Waals surface area contributed by atoms with Gasteiger partial charge in [0, 0.05) is 48.1 Å². The first-order valence-corrected chi connectivity index (χ1v) is 12.3. The van der Waals surface area contributed by atoms with Crippen LogP contribution in [0.4, 0.5) is 0 Å². The van der Waals surface area contributed by atoms with E-state index in [9.17, 15) is 4.79 Å². The number of nitrogens with zero attached hydrogens (tertiary/aromatic N) is 1. The number of hydrogen-bond donors (Lipinski definition) is 2. The second kappa shape index (κ2) is 9.11. The van der Waals surface area contributed by atoms with Crippen LogP contribution in [-0.4, -0.2) is 22.6 Å². The molecule has 1 heterocycles. The van der Waals surface area contributed by atoms with Crippen LogP contribution in [0.5, 0.6) is 0 Å². The molecule has 0 bridgehead atoms. The maximum absolute atomic E-state index is 13.2. The number of amides is 1. The summed E-state index contributed by atoms with van der Waals surface area (Å²) in [5.74, 6) is 0.999. The van der Waals surface area contributed by atoms with E-state index < -0.39 is 0 Å². The third-order valence-corrected chi connectivity index (χ3v) is 7.32. The summed E-state index contributed by atoms with van der Waals surface area (Å²) in [5, 5.41) is 4.59. The third kappa shape index (κ3) is 4.75. The van der Waals surface area contributed by atoms with Gasteiger partial charge in [-0.25, -0.2) is 0 Å². The summed E-state index contributed by atoms with van der Waals surface area (Å²) in [6.07, 6.45) is 9.44. The van der Waals surface area contributed by atoms with E-state index in [2.05, 4.69) is 71.5 Å². The first-order valence-electron chi connectivity index (χ1n) is 12.3. The van der Waals surface area contributed by atoms with Gasteiger partial charge in [0.15, 0.2) is 0 Å². The molecular formula is C28H35N3O. The third-order valence-electron chi connectivity index (χ3n) is 7.32. The summed E-state index contributed by atoms with van der Waals surface area (Å²) in [6, 6.07) is 17.9. The molecule has 2 aliphatic carbocycles. The number of rotatable bonds is 7. The number of benzene rings is 2. The molecule has 0 spiro atoms. The quantitative estimate of drug-likeness (QED) is 0.538. The molecule has 32 heavy (non-hydrogen) atoms. The molecule has 3 aromatic rings. The second-order valence-corrected chi connectivity index (χ2v) is 10.0. The van der Waals surface area contributed by atoms with E-state index in [0.29, 0.717) is 12.5 Å². The Kier molecular flexibility index (Phi) is 6.05. The zero-order valence-corrected chi connectivity index (χ0v) is 19.1. The lowest BCUT2D eigenvalue weighted by Crippen LogP contribution is -2.40. The highest BCUT2D eigenvalue weighted by molar-refractivity contribution is 5.86. The monoisotopic (exact) mass is 429 g/mol. The highest BCUT2D eigenvalue weighted by Gasteiger charge is 2.27. The Bertz CT molecular complexity index is 1090. The van der Waals surface area contributed by atoms with Gasteiger partial charge in [0.05, 0.1) is 0 Å². The highest BCUT2D eigenvalue weighted by Crippen LogP contribution is 2.38. The molecule has 1 atom stereocenters. The van der Waals surface area contributed by atoms with E-state index in [1.807, 2.05) is 0 Å². The van der Waals surface area contributed by atoms with Gasteiger partial charge in [0.1, 0.15) is 0 Å². The minimum atomic E-state index is 0.0473. The van der Waals surface area contributed by atoms with Crippen LogP contribution in [0, 0.1) is 12.8 Å². The molecule has 4 heteroatoms. The van der Waals surface area contributed by atoms with Crippen LogP contribution in [-0.2, 0) is 11.3 Å². The largest absolute Gasteiger partial charge is 0.353 e. The van der Waals surface area contributed by atoms with Gasteiger partial charge in [-0.1, -0.05) is 48.0 Å². The van der Waals surface area contributed by atoms with Crippen molar-refractivity contribution in [3.8, 4) is 0 Å². The number of nitrogens with one attached hydrogen (secondary N) is 1. The van der Waals surface area contributed by atoms with Crippen molar-refractivity contribution in [3.63, 3.8) is 0 Å². The first kappa shape index (κ1) is 21.3. The Morgan fingerprint density at radius 1 is 1.06 bits per heavy atom. The number of nitrogens with two attached hydrogens (primary N) is 1. The van der Waals surface area contributed by atoms with E-state index in [4.69, 9.17) is 5.73 Å². The van der Waals surface area contributed by atoms with Crippen molar-refractivity contribution in [1.82, 2.24) is 9.88 Å². The van der Waals surface area contributed by atoms with Crippen molar-refractivity contribution in [2.45, 2.75) is 76.4 Å². The lowest BCUT2D eigenvalue weighted by Gasteiger charge is -2.27. The van der Waals surface area contributed by atoms with Crippen molar-refractivity contribution in [2.24, 2.45) is 11.7 Å². The molecule has 0 saturated heterocycles. The predicted molar refractivity (Wildman–Crippen MR) is 131 cm³/mol. The van der Waals surface area contributed by atoms with Crippen molar-refractivity contribution < 1.29 is 4.79 Å². The van der Waals surface area contributed by atoms with E-state index in [0.717, 1.165) is 38.1 Å². The van der Waals surface area contributed by atoms with Gasteiger partial charge in [-0.2, -0.15) is 0 Å². The lowest BCUT2D eigenvalue weighted by molar-refractivity contribution is -0.122. The van der Waals surface area contributed by atoms with E-state index in [-0.39, 0.29) is 17.9 Å². The van der Waals surface area contributed by atoms with Gasteiger partial charge >= 0.3 is 0 Å². The number of carbonyl (C=O) groups is 1. The van der Waals surface area contributed by atoms with Crippen molar-refractivity contribution in [3.05, 3.63) is 71.4 Å². The fraction of sp³-hybridized carbons (Fsp3) is 0.464. The summed E-state index contributed by atoms with van der Waals surface area (Å²) in [6.45, 7) is 3.21. The molecule has 2 fully saturated rings. The smallest absolute Gasteiger partial charge is 0.221 e. The van der Waals surface area contributed by atoms with Crippen LogP contribution in [0.25, 0.3) is 10.9 Å². The summed E-state index contributed by atoms with van der Waals surface area (Å²) < 4.78 is 2.42. The molecular weight excluding hydrogens is 394 g/mol. The molecule has 5 rings (SSSR count). The number of hydrogen-bond acceptors (Lipinski definition) is 2. The van der Waals surface area contributed by atoms with Gasteiger partial charge in [0.2, 0.25) is 5.91 Å². The number of aromatic nitrogens is 1. The fourth-order valence-electron chi connectivity index (χ4n) is 5.31. The number of carbonyl (C=O) groups excluding carboxylic acids is 1. The molecule has 0 aliphatic heterocycles. The van der Waals surface area contributed by atoms with Crippen LogP contribution in [0.1, 0.15) is 67.6 Å². The molecule has 3 N–H and O–H groups in total. The van der Waals surface area contributed by atoms with Gasteiger partial charge in [0.25, 0.3) is 0 Å². The summed E-state index contributed by atoms with van der Waals surface area (Å²) in [5.41, 5.74) is 11.1. The summed E-state index contributed by atoms with van der Waals surface area (Å²) >= 11 is 0. The van der Waals surface area contributed by atoms with E-state index in [1.165, 1.54) is 40.4 Å². The summed E-state index contributed by atoms with van der Waals surface area (Å²) in [7, 11) is 0. The average molecular weight is 430 g/mol. The van der Waals surface area contributed by atoms with Gasteiger partial charge < -0.3 is 15.6 Å². The van der Waals surface area contributed by atoms with Crippen LogP contribution in [0.2, 0.25) is 0 Å². The summed E-state index contributed by atoms with van der Waals surface area (Å²) in [4.78, 5) is 13.2. The maximum Gasteiger partial charge on any atom is 0.221 e. The molecule has 1 aromatic heterocycles. The Balaban J connectivity index is 1.46. The van der Waals surface area contributed by atoms with Crippen molar-refractivity contribution in [1.29, 1.82) is 0 Å². The fourth-order valence-corrected chi connectivity index (χ4v) is 5.31. The standard InChI is InChI=1S/C28H35N3O/c1-19-5-4-6-21(15-19)25(16-28(32)30-23-13-11-22(29)12-14-23)26-18-31(17-20-9-10-20)27-8-3-2-7-24(26)27/h2-8,15,18,20,22-23,25H,9-14,16-17,29H2,1H3,(H,30,32)/t22-,23-,25?. The molecule has 2 aromatic carbocycles. The van der Waals surface area contributed by atoms with Crippen LogP contribution >= 0.6 is 0 Å². The Morgan fingerprint density at radius 2 is 1.84 bits per heavy atom. The molecule has 4 nitrogen and oxygen atoms in total. The maximum atomic E-state index is 13.2. The molecule has 168 valence electrons. The first-order chi connectivity index (χ1) is 15.6. The minimum Gasteiger partial charge on any atom is -0.353 e. The average Bonchev–Trinajstić information content (AvgIpc) is 3.54. The van der Waals surface area contributed by atoms with Gasteiger partial charge in [-0.3, -0.25) is 4.79 Å². The van der Waals surface area contributed by atoms with Crippen LogP contribution in [0.3, 0.4) is 0 Å². The normalized spacial score (nSPS) is 22.1. The Hall–Kier alpha value is -2.59. The van der Waals surface area contributed by atoms with Gasteiger partial charge in [-0.15, -0.1) is 0 Å². The molecule has 2 aliphatic rings. The molecule has 0 radical (unpaired) electrons. The van der Waals surface area contributed by atoms with Crippen LogP contribution < -0.4 is 11.1 Å². The van der Waals surface area contributed by atoms with Crippen molar-refractivity contribution in [2.75, 3.05) is 0 Å². The number of fused-ring (bicyclic) bond motifs is 1. The van der Waals surface area contributed by atoms with E-state index >= 15 is 0 Å². The minimum absolute atomic E-state index is 0.0473. The van der Waals surface area contributed by atoms with Crippen LogP contribution in [0.15, 0.2) is 54.7 Å². The molecule has 1 amide bonds.